The summed E-state index contributed by atoms with van der Waals surface area (Å²) in [5.74, 6) is -5.83. The molecule has 2 heterocycles. The summed E-state index contributed by atoms with van der Waals surface area (Å²) in [6, 6.07) is 3.63. The topological polar surface area (TPSA) is 125 Å². The van der Waals surface area contributed by atoms with Crippen molar-refractivity contribution in [1.82, 2.24) is 25.3 Å². The molecule has 4 atom stereocenters. The number of nitrogens with zero attached hydrogens (tertiary/aromatic N) is 3. The average molecular weight is 649 g/mol. The fourth-order valence-electron chi connectivity index (χ4n) is 5.41. The molecule has 1 aliphatic heterocycles. The minimum atomic E-state index is -2.85. The molecule has 0 radical (unpaired) electrons. The van der Waals surface area contributed by atoms with Crippen LogP contribution in [-0.4, -0.2) is 69.4 Å². The zero-order valence-corrected chi connectivity index (χ0v) is 27.4. The number of alkyl halides is 2. The number of carbonyl (C=O) groups excluding carboxylic acids is 4. The molecule has 1 aliphatic rings. The number of amides is 4. The van der Waals surface area contributed by atoms with Crippen LogP contribution in [-0.2, 0) is 20.9 Å². The van der Waals surface area contributed by atoms with Gasteiger partial charge in [0.1, 0.15) is 23.6 Å². The van der Waals surface area contributed by atoms with E-state index in [-0.39, 0.29) is 25.2 Å². The van der Waals surface area contributed by atoms with E-state index in [1.165, 1.54) is 27.9 Å². The zero-order valence-electron chi connectivity index (χ0n) is 27.4. The van der Waals surface area contributed by atoms with Crippen molar-refractivity contribution in [3.8, 4) is 0 Å². The number of halogens is 3. The molecule has 0 bridgehead atoms. The number of hydrogen-bond donors (Lipinski definition) is 3. The van der Waals surface area contributed by atoms with Crippen LogP contribution >= 0.6 is 0 Å². The van der Waals surface area contributed by atoms with Gasteiger partial charge in [-0.15, -0.1) is 0 Å². The SMILES string of the molecule is CCC(=O)N[C@@H](C(=O)N1CCC(F)(F)CC1)C(C)c1ccc(NC(=O)C(CCCC(C)CC)NC(=O)c2ccnn2CC)c(F)c1. The molecular formula is C33H47F3N6O4. The molecule has 254 valence electrons. The van der Waals surface area contributed by atoms with Gasteiger partial charge in [-0.3, -0.25) is 23.9 Å². The summed E-state index contributed by atoms with van der Waals surface area (Å²) < 4.78 is 44.4. The second-order valence-corrected chi connectivity index (χ2v) is 12.1. The Labute approximate surface area is 268 Å². The number of anilines is 1. The van der Waals surface area contributed by atoms with E-state index in [1.54, 1.807) is 26.0 Å². The van der Waals surface area contributed by atoms with Gasteiger partial charge in [0, 0.05) is 51.0 Å². The Morgan fingerprint density at radius 3 is 2.30 bits per heavy atom. The van der Waals surface area contributed by atoms with E-state index in [9.17, 15) is 28.0 Å². The average Bonchev–Trinajstić information content (AvgIpc) is 3.52. The molecular weight excluding hydrogens is 601 g/mol. The van der Waals surface area contributed by atoms with Crippen molar-refractivity contribution in [2.45, 2.75) is 110 Å². The van der Waals surface area contributed by atoms with Crippen LogP contribution in [0.5, 0.6) is 0 Å². The van der Waals surface area contributed by atoms with Crippen LogP contribution in [0.3, 0.4) is 0 Å². The smallest absolute Gasteiger partial charge is 0.270 e. The molecule has 3 N–H and O–H groups in total. The number of nitrogens with one attached hydrogen (secondary N) is 3. The third kappa shape index (κ3) is 9.80. The molecule has 2 aromatic rings. The molecule has 1 fully saturated rings. The van der Waals surface area contributed by atoms with Crippen LogP contribution < -0.4 is 16.0 Å². The van der Waals surface area contributed by atoms with E-state index in [1.807, 2.05) is 6.92 Å². The summed E-state index contributed by atoms with van der Waals surface area (Å²) in [7, 11) is 0. The molecule has 1 saturated heterocycles. The molecule has 0 saturated carbocycles. The lowest BCUT2D eigenvalue weighted by atomic mass is 9.91. The summed E-state index contributed by atoms with van der Waals surface area (Å²) in [6.07, 6.45) is 3.54. The minimum Gasteiger partial charge on any atom is -0.344 e. The van der Waals surface area contributed by atoms with Crippen molar-refractivity contribution in [1.29, 1.82) is 0 Å². The molecule has 1 aromatic heterocycles. The Bertz CT molecular complexity index is 1360. The van der Waals surface area contributed by atoms with E-state index in [2.05, 4.69) is 34.9 Å². The normalized spacial score (nSPS) is 17.0. The monoisotopic (exact) mass is 648 g/mol. The molecule has 4 amide bonds. The molecule has 3 rings (SSSR count). The Hall–Kier alpha value is -3.90. The predicted molar refractivity (Wildman–Crippen MR) is 169 cm³/mol. The molecule has 0 aliphatic carbocycles. The molecule has 46 heavy (non-hydrogen) atoms. The van der Waals surface area contributed by atoms with Crippen LogP contribution in [0, 0.1) is 11.7 Å². The van der Waals surface area contributed by atoms with Gasteiger partial charge in [-0.2, -0.15) is 5.10 Å². The minimum absolute atomic E-state index is 0.101. The van der Waals surface area contributed by atoms with E-state index < -0.39 is 66.2 Å². The number of carbonyl (C=O) groups is 4. The molecule has 13 heteroatoms. The fraction of sp³-hybridized carbons (Fsp3) is 0.606. The van der Waals surface area contributed by atoms with E-state index >= 15 is 4.39 Å². The summed E-state index contributed by atoms with van der Waals surface area (Å²) in [5, 5.41) is 12.2. The number of piperidine rings is 1. The van der Waals surface area contributed by atoms with E-state index in [0.717, 1.165) is 12.8 Å². The molecule has 10 nitrogen and oxygen atoms in total. The lowest BCUT2D eigenvalue weighted by molar-refractivity contribution is -0.142. The van der Waals surface area contributed by atoms with Gasteiger partial charge >= 0.3 is 0 Å². The van der Waals surface area contributed by atoms with Gasteiger partial charge in [-0.25, -0.2) is 13.2 Å². The highest BCUT2D eigenvalue weighted by Gasteiger charge is 2.39. The van der Waals surface area contributed by atoms with E-state index in [4.69, 9.17) is 0 Å². The van der Waals surface area contributed by atoms with Gasteiger partial charge in [-0.1, -0.05) is 53.0 Å². The Kier molecular flexibility index (Phi) is 13.2. The molecule has 1 aromatic carbocycles. The number of likely N-dealkylation sites (tertiary alicyclic amines) is 1. The van der Waals surface area contributed by atoms with Crippen LogP contribution in [0.15, 0.2) is 30.5 Å². The van der Waals surface area contributed by atoms with Crippen molar-refractivity contribution in [3.63, 3.8) is 0 Å². The number of hydrogen-bond acceptors (Lipinski definition) is 5. The van der Waals surface area contributed by atoms with Gasteiger partial charge < -0.3 is 20.9 Å². The summed E-state index contributed by atoms with van der Waals surface area (Å²) in [5.41, 5.74) is 0.572. The largest absolute Gasteiger partial charge is 0.344 e. The van der Waals surface area contributed by atoms with Gasteiger partial charge in [0.2, 0.25) is 17.7 Å². The van der Waals surface area contributed by atoms with Crippen LogP contribution in [0.2, 0.25) is 0 Å². The lowest BCUT2D eigenvalue weighted by Gasteiger charge is -2.36. The van der Waals surface area contributed by atoms with Crippen LogP contribution in [0.25, 0.3) is 0 Å². The van der Waals surface area contributed by atoms with E-state index in [0.29, 0.717) is 36.6 Å². The third-order valence-corrected chi connectivity index (χ3v) is 8.74. The van der Waals surface area contributed by atoms with Crippen molar-refractivity contribution in [2.24, 2.45) is 5.92 Å². The maximum atomic E-state index is 15.5. The first-order chi connectivity index (χ1) is 21.8. The van der Waals surface area contributed by atoms with Crippen molar-refractivity contribution >= 4 is 29.3 Å². The maximum absolute atomic E-state index is 15.5. The fourth-order valence-corrected chi connectivity index (χ4v) is 5.41. The van der Waals surface area contributed by atoms with Crippen molar-refractivity contribution < 1.29 is 32.3 Å². The predicted octanol–water partition coefficient (Wildman–Crippen LogP) is 5.25. The highest BCUT2D eigenvalue weighted by molar-refractivity contribution is 6.00. The first kappa shape index (κ1) is 36.6. The Morgan fingerprint density at radius 1 is 1.00 bits per heavy atom. The zero-order chi connectivity index (χ0) is 34.0. The summed E-state index contributed by atoms with van der Waals surface area (Å²) >= 11 is 0. The van der Waals surface area contributed by atoms with Crippen molar-refractivity contribution in [2.75, 3.05) is 18.4 Å². The van der Waals surface area contributed by atoms with Gasteiger partial charge in [-0.05, 0) is 43.0 Å². The van der Waals surface area contributed by atoms with Crippen LogP contribution in [0.4, 0.5) is 18.9 Å². The maximum Gasteiger partial charge on any atom is 0.270 e. The van der Waals surface area contributed by atoms with Crippen LogP contribution in [0.1, 0.15) is 102 Å². The third-order valence-electron chi connectivity index (χ3n) is 8.74. The highest BCUT2D eigenvalue weighted by atomic mass is 19.3. The Morgan fingerprint density at radius 2 is 1.70 bits per heavy atom. The molecule has 0 spiro atoms. The highest BCUT2D eigenvalue weighted by Crippen LogP contribution is 2.30. The number of aromatic nitrogens is 2. The first-order valence-electron chi connectivity index (χ1n) is 16.2. The van der Waals surface area contributed by atoms with Gasteiger partial charge in [0.25, 0.3) is 11.8 Å². The standard InChI is InChI=1S/C33H47F3N6O4/c1-6-21(4)10-9-11-26(39-31(45)27-14-17-37-42(27)8-3)30(44)38-25-13-12-23(20-24(25)34)22(5)29(40-28(43)7-2)32(46)41-18-15-33(35,36)16-19-41/h12-14,17,20-22,26,29H,6-11,15-16,18-19H2,1-5H3,(H,38,44)(H,39,45)(H,40,43)/t21?,22?,26?,29-/m1/s1. The molecule has 3 unspecified atom stereocenters. The second kappa shape index (κ2) is 16.6. The Balaban J connectivity index is 1.77. The number of benzene rings is 1. The number of aryl methyl sites for hydroxylation is 1. The van der Waals surface area contributed by atoms with Gasteiger partial charge in [0.15, 0.2) is 0 Å². The van der Waals surface area contributed by atoms with Crippen molar-refractivity contribution in [3.05, 3.63) is 47.5 Å². The first-order valence-corrected chi connectivity index (χ1v) is 16.2. The lowest BCUT2D eigenvalue weighted by Crippen LogP contribution is -2.53. The summed E-state index contributed by atoms with van der Waals surface area (Å²) in [4.78, 5) is 53.4. The summed E-state index contributed by atoms with van der Waals surface area (Å²) in [6.45, 7) is 9.49. The second-order valence-electron chi connectivity index (χ2n) is 12.1. The number of rotatable bonds is 15. The quantitative estimate of drug-likeness (QED) is 0.243. The van der Waals surface area contributed by atoms with Gasteiger partial charge in [0.05, 0.1) is 5.69 Å².